The fourth-order valence-corrected chi connectivity index (χ4v) is 3.56. The molecule has 3 rings (SSSR count). The van der Waals surface area contributed by atoms with E-state index in [0.29, 0.717) is 12.2 Å². The molecule has 0 aliphatic carbocycles. The van der Waals surface area contributed by atoms with E-state index in [1.54, 1.807) is 6.07 Å². The van der Waals surface area contributed by atoms with E-state index in [2.05, 4.69) is 11.8 Å². The Labute approximate surface area is 148 Å². The Morgan fingerprint density at radius 3 is 2.72 bits per heavy atom. The first-order valence-corrected chi connectivity index (χ1v) is 9.06. The lowest BCUT2D eigenvalue weighted by Gasteiger charge is -2.40. The SMILES string of the molecule is CCC1(CO)CCN(CCOc2ccc3c(C)cc(=O)oc3c2)CC1. The molecule has 1 saturated heterocycles. The number of likely N-dealkylation sites (tertiary alicyclic amines) is 1. The van der Waals surface area contributed by atoms with Crippen molar-refractivity contribution in [3.05, 3.63) is 40.2 Å². The van der Waals surface area contributed by atoms with Gasteiger partial charge in [-0.25, -0.2) is 4.79 Å². The van der Waals surface area contributed by atoms with E-state index < -0.39 is 0 Å². The molecule has 1 fully saturated rings. The molecule has 136 valence electrons. The van der Waals surface area contributed by atoms with Crippen molar-refractivity contribution >= 4 is 11.0 Å². The lowest BCUT2D eigenvalue weighted by molar-refractivity contribution is 0.0366. The number of aliphatic hydroxyl groups excluding tert-OH is 1. The molecule has 1 aliphatic heterocycles. The molecular weight excluding hydrogens is 318 g/mol. The van der Waals surface area contributed by atoms with Crippen LogP contribution >= 0.6 is 0 Å². The summed E-state index contributed by atoms with van der Waals surface area (Å²) < 4.78 is 11.1. The molecule has 0 radical (unpaired) electrons. The number of hydrogen-bond donors (Lipinski definition) is 1. The maximum Gasteiger partial charge on any atom is 0.336 e. The first-order valence-electron chi connectivity index (χ1n) is 9.06. The van der Waals surface area contributed by atoms with Gasteiger partial charge in [0.1, 0.15) is 17.9 Å². The summed E-state index contributed by atoms with van der Waals surface area (Å²) >= 11 is 0. The number of rotatable bonds is 6. The molecule has 0 unspecified atom stereocenters. The molecule has 0 saturated carbocycles. The van der Waals surface area contributed by atoms with E-state index in [1.807, 2.05) is 19.1 Å². The van der Waals surface area contributed by atoms with E-state index >= 15 is 0 Å². The smallest absolute Gasteiger partial charge is 0.336 e. The number of ether oxygens (including phenoxy) is 1. The average molecular weight is 345 g/mol. The molecule has 1 aliphatic rings. The van der Waals surface area contributed by atoms with Crippen LogP contribution in [0.3, 0.4) is 0 Å². The normalized spacial score (nSPS) is 17.7. The zero-order valence-electron chi connectivity index (χ0n) is 15.1. The largest absolute Gasteiger partial charge is 0.492 e. The highest BCUT2D eigenvalue weighted by Gasteiger charge is 2.32. The fourth-order valence-electron chi connectivity index (χ4n) is 3.56. The lowest BCUT2D eigenvalue weighted by Crippen LogP contribution is -2.43. The van der Waals surface area contributed by atoms with Crippen molar-refractivity contribution < 1.29 is 14.3 Å². The number of aliphatic hydroxyl groups is 1. The third-order valence-electron chi connectivity index (χ3n) is 5.60. The van der Waals surface area contributed by atoms with E-state index in [-0.39, 0.29) is 17.6 Å². The molecule has 25 heavy (non-hydrogen) atoms. The highest BCUT2D eigenvalue weighted by molar-refractivity contribution is 5.81. The Morgan fingerprint density at radius 1 is 1.28 bits per heavy atom. The number of aryl methyl sites for hydroxylation is 1. The van der Waals surface area contributed by atoms with Crippen molar-refractivity contribution in [2.45, 2.75) is 33.1 Å². The summed E-state index contributed by atoms with van der Waals surface area (Å²) in [5.74, 6) is 0.719. The summed E-state index contributed by atoms with van der Waals surface area (Å²) in [6, 6.07) is 7.13. The molecule has 1 N–H and O–H groups in total. The fraction of sp³-hybridized carbons (Fsp3) is 0.550. The summed E-state index contributed by atoms with van der Waals surface area (Å²) in [7, 11) is 0. The minimum absolute atomic E-state index is 0.116. The summed E-state index contributed by atoms with van der Waals surface area (Å²) in [5, 5.41) is 10.5. The molecule has 0 atom stereocenters. The Morgan fingerprint density at radius 2 is 2.04 bits per heavy atom. The van der Waals surface area contributed by atoms with Crippen molar-refractivity contribution in [1.82, 2.24) is 4.90 Å². The molecule has 1 aromatic carbocycles. The van der Waals surface area contributed by atoms with Gasteiger partial charge in [-0.3, -0.25) is 4.90 Å². The first-order chi connectivity index (χ1) is 12.0. The Bertz CT molecular complexity index is 769. The Balaban J connectivity index is 1.54. The molecule has 0 spiro atoms. The number of piperidine rings is 1. The molecule has 1 aromatic heterocycles. The standard InChI is InChI=1S/C20H27NO4/c1-3-20(14-22)6-8-21(9-7-20)10-11-24-16-4-5-17-15(2)12-19(23)25-18(17)13-16/h4-5,12-13,22H,3,6-11,14H2,1-2H3. The Hall–Kier alpha value is -1.85. The van der Waals surface area contributed by atoms with E-state index in [9.17, 15) is 9.90 Å². The summed E-state index contributed by atoms with van der Waals surface area (Å²) in [6.45, 7) is 7.82. The molecule has 2 aromatic rings. The van der Waals surface area contributed by atoms with Crippen LogP contribution in [0.2, 0.25) is 0 Å². The second-order valence-corrected chi connectivity index (χ2v) is 7.11. The minimum Gasteiger partial charge on any atom is -0.492 e. The predicted octanol–water partition coefficient (Wildman–Crippen LogP) is 2.96. The Kier molecular flexibility index (Phi) is 5.45. The van der Waals surface area contributed by atoms with Gasteiger partial charge in [-0.1, -0.05) is 6.92 Å². The van der Waals surface area contributed by atoms with Gasteiger partial charge < -0.3 is 14.3 Å². The zero-order chi connectivity index (χ0) is 17.9. The van der Waals surface area contributed by atoms with Gasteiger partial charge >= 0.3 is 5.63 Å². The van der Waals surface area contributed by atoms with Gasteiger partial charge in [0.25, 0.3) is 0 Å². The van der Waals surface area contributed by atoms with Gasteiger partial charge in [-0.15, -0.1) is 0 Å². The maximum absolute atomic E-state index is 11.5. The van der Waals surface area contributed by atoms with Crippen LogP contribution in [0, 0.1) is 12.3 Å². The van der Waals surface area contributed by atoms with Crippen LogP contribution in [0.5, 0.6) is 5.75 Å². The van der Waals surface area contributed by atoms with Crippen LogP contribution in [0.15, 0.2) is 33.5 Å². The molecule has 0 amide bonds. The molecule has 2 heterocycles. The van der Waals surface area contributed by atoms with Crippen LogP contribution in [0.4, 0.5) is 0 Å². The average Bonchev–Trinajstić information content (AvgIpc) is 2.62. The van der Waals surface area contributed by atoms with Gasteiger partial charge in [-0.2, -0.15) is 0 Å². The number of benzene rings is 1. The van der Waals surface area contributed by atoms with Crippen molar-refractivity contribution in [2.24, 2.45) is 5.41 Å². The highest BCUT2D eigenvalue weighted by atomic mass is 16.5. The quantitative estimate of drug-likeness (QED) is 0.816. The van der Waals surface area contributed by atoms with E-state index in [0.717, 1.165) is 55.6 Å². The van der Waals surface area contributed by atoms with Crippen LogP contribution < -0.4 is 10.4 Å². The van der Waals surface area contributed by atoms with Crippen molar-refractivity contribution in [3.8, 4) is 5.75 Å². The van der Waals surface area contributed by atoms with E-state index in [1.165, 1.54) is 6.07 Å². The van der Waals surface area contributed by atoms with Crippen LogP contribution in [-0.2, 0) is 0 Å². The van der Waals surface area contributed by atoms with Crippen LogP contribution in [0.1, 0.15) is 31.7 Å². The summed E-state index contributed by atoms with van der Waals surface area (Å²) in [5.41, 5.74) is 1.26. The van der Waals surface area contributed by atoms with Gasteiger partial charge in [0.15, 0.2) is 0 Å². The summed E-state index contributed by atoms with van der Waals surface area (Å²) in [6.07, 6.45) is 3.12. The summed E-state index contributed by atoms with van der Waals surface area (Å²) in [4.78, 5) is 13.9. The number of nitrogens with zero attached hydrogens (tertiary/aromatic N) is 1. The van der Waals surface area contributed by atoms with Gasteiger partial charge in [0.2, 0.25) is 0 Å². The maximum atomic E-state index is 11.5. The topological polar surface area (TPSA) is 62.9 Å². The lowest BCUT2D eigenvalue weighted by atomic mass is 9.77. The van der Waals surface area contributed by atoms with Gasteiger partial charge in [-0.05, 0) is 62.4 Å². The minimum atomic E-state index is -0.334. The van der Waals surface area contributed by atoms with Crippen LogP contribution in [-0.4, -0.2) is 42.9 Å². The predicted molar refractivity (Wildman–Crippen MR) is 98.2 cm³/mol. The molecule has 0 bridgehead atoms. The highest BCUT2D eigenvalue weighted by Crippen LogP contribution is 2.34. The second-order valence-electron chi connectivity index (χ2n) is 7.11. The first kappa shape index (κ1) is 18.0. The number of hydrogen-bond acceptors (Lipinski definition) is 5. The third-order valence-corrected chi connectivity index (χ3v) is 5.60. The number of fused-ring (bicyclic) bond motifs is 1. The van der Waals surface area contributed by atoms with Gasteiger partial charge in [0.05, 0.1) is 0 Å². The van der Waals surface area contributed by atoms with Gasteiger partial charge in [0, 0.05) is 30.7 Å². The van der Waals surface area contributed by atoms with E-state index in [4.69, 9.17) is 9.15 Å². The van der Waals surface area contributed by atoms with Crippen molar-refractivity contribution in [1.29, 1.82) is 0 Å². The zero-order valence-corrected chi connectivity index (χ0v) is 15.1. The molecular formula is C20H27NO4. The second kappa shape index (κ2) is 7.58. The molecule has 5 heteroatoms. The van der Waals surface area contributed by atoms with Crippen molar-refractivity contribution in [2.75, 3.05) is 32.8 Å². The van der Waals surface area contributed by atoms with Crippen LogP contribution in [0.25, 0.3) is 11.0 Å². The van der Waals surface area contributed by atoms with Crippen molar-refractivity contribution in [3.63, 3.8) is 0 Å². The monoisotopic (exact) mass is 345 g/mol. The molecule has 5 nitrogen and oxygen atoms in total. The third kappa shape index (κ3) is 4.05.